The third-order valence-electron chi connectivity index (χ3n) is 5.91. The minimum absolute atomic E-state index is 0.207. The Morgan fingerprint density at radius 1 is 0.895 bits per heavy atom. The monoisotopic (exact) mass is 517 g/mol. The van der Waals surface area contributed by atoms with Crippen LogP contribution in [0.25, 0.3) is 40.1 Å². The van der Waals surface area contributed by atoms with Gasteiger partial charge < -0.3 is 4.74 Å². The van der Waals surface area contributed by atoms with Gasteiger partial charge in [0.05, 0.1) is 16.8 Å². The van der Waals surface area contributed by atoms with Crippen LogP contribution in [0.3, 0.4) is 0 Å². The molecule has 8 heteroatoms. The van der Waals surface area contributed by atoms with Crippen molar-refractivity contribution in [2.75, 3.05) is 6.61 Å². The largest absolute Gasteiger partial charge is 0.494 e. The normalized spacial score (nSPS) is 12.1. The molecule has 186 valence electrons. The molecule has 38 heavy (non-hydrogen) atoms. The smallest absolute Gasteiger partial charge is 0.291 e. The highest BCUT2D eigenvalue weighted by atomic mass is 32.1. The molecular formula is C30H23N5O2S. The van der Waals surface area contributed by atoms with Gasteiger partial charge in [0.25, 0.3) is 5.56 Å². The lowest BCUT2D eigenvalue weighted by atomic mass is 10.1. The average molecular weight is 518 g/mol. The van der Waals surface area contributed by atoms with E-state index in [0.717, 1.165) is 33.8 Å². The fourth-order valence-corrected chi connectivity index (χ4v) is 5.01. The molecule has 0 unspecified atom stereocenters. The molecule has 0 spiro atoms. The molecular weight excluding hydrogens is 494 g/mol. The van der Waals surface area contributed by atoms with Crippen molar-refractivity contribution in [2.24, 2.45) is 0 Å². The molecule has 0 aliphatic carbocycles. The number of nitrogens with zero attached hydrogens (tertiary/aromatic N) is 5. The molecule has 6 aromatic rings. The quantitative estimate of drug-likeness (QED) is 0.294. The molecule has 0 N–H and O–H groups in total. The Bertz CT molecular complexity index is 1840. The number of para-hydroxylation sites is 1. The van der Waals surface area contributed by atoms with E-state index in [9.17, 15) is 4.79 Å². The van der Waals surface area contributed by atoms with Crippen molar-refractivity contribution in [1.82, 2.24) is 24.4 Å². The summed E-state index contributed by atoms with van der Waals surface area (Å²) < 4.78 is 9.32. The second-order valence-corrected chi connectivity index (χ2v) is 9.50. The maximum atomic E-state index is 13.2. The van der Waals surface area contributed by atoms with Gasteiger partial charge in [-0.1, -0.05) is 65.9 Å². The molecule has 3 aromatic heterocycles. The number of hydrogen-bond donors (Lipinski definition) is 0. The van der Waals surface area contributed by atoms with Gasteiger partial charge in [0.2, 0.25) is 4.96 Å². The van der Waals surface area contributed by atoms with Crippen molar-refractivity contribution in [2.45, 2.75) is 6.92 Å². The molecule has 0 saturated heterocycles. The fourth-order valence-electron chi connectivity index (χ4n) is 4.10. The summed E-state index contributed by atoms with van der Waals surface area (Å²) in [6, 6.07) is 27.6. The first-order valence-electron chi connectivity index (χ1n) is 12.2. The van der Waals surface area contributed by atoms with Crippen molar-refractivity contribution < 1.29 is 4.74 Å². The summed E-state index contributed by atoms with van der Waals surface area (Å²) in [6.07, 6.45) is 7.54. The van der Waals surface area contributed by atoms with Gasteiger partial charge in [-0.25, -0.2) is 4.68 Å². The van der Waals surface area contributed by atoms with Crippen LogP contribution in [0.1, 0.15) is 23.9 Å². The van der Waals surface area contributed by atoms with E-state index in [1.54, 1.807) is 0 Å². The van der Waals surface area contributed by atoms with Crippen molar-refractivity contribution in [3.63, 3.8) is 0 Å². The average Bonchev–Trinajstić information content (AvgIpc) is 3.64. The number of aromatic nitrogens is 5. The van der Waals surface area contributed by atoms with E-state index in [4.69, 9.17) is 9.84 Å². The van der Waals surface area contributed by atoms with Crippen LogP contribution in [0.5, 0.6) is 5.75 Å². The Morgan fingerprint density at radius 2 is 1.63 bits per heavy atom. The van der Waals surface area contributed by atoms with Crippen molar-refractivity contribution in [3.05, 3.63) is 123 Å². The number of fused-ring (bicyclic) bond motifs is 1. The van der Waals surface area contributed by atoms with Crippen LogP contribution < -0.4 is 14.8 Å². The van der Waals surface area contributed by atoms with Gasteiger partial charge in [-0.15, -0.1) is 5.10 Å². The van der Waals surface area contributed by atoms with Gasteiger partial charge in [-0.2, -0.15) is 14.6 Å². The van der Waals surface area contributed by atoms with Gasteiger partial charge in [-0.05, 0) is 61.0 Å². The first-order chi connectivity index (χ1) is 18.7. The summed E-state index contributed by atoms with van der Waals surface area (Å²) in [5.74, 6) is 1.30. The third-order valence-corrected chi connectivity index (χ3v) is 6.87. The minimum Gasteiger partial charge on any atom is -0.494 e. The Kier molecular flexibility index (Phi) is 6.37. The van der Waals surface area contributed by atoms with E-state index in [1.165, 1.54) is 15.9 Å². The zero-order valence-electron chi connectivity index (χ0n) is 20.6. The first kappa shape index (κ1) is 23.6. The van der Waals surface area contributed by atoms with Crippen LogP contribution in [0.2, 0.25) is 0 Å². The molecule has 0 aliphatic rings. The number of ether oxygens (including phenoxy) is 1. The molecule has 6 rings (SSSR count). The predicted octanol–water partition coefficient (Wildman–Crippen LogP) is 5.12. The molecule has 0 radical (unpaired) electrons. The van der Waals surface area contributed by atoms with Gasteiger partial charge in [0.15, 0.2) is 5.82 Å². The van der Waals surface area contributed by atoms with Crippen LogP contribution in [0.4, 0.5) is 0 Å². The summed E-state index contributed by atoms with van der Waals surface area (Å²) in [7, 11) is 0. The first-order valence-corrected chi connectivity index (χ1v) is 13.0. The summed E-state index contributed by atoms with van der Waals surface area (Å²) in [4.78, 5) is 18.3. The molecule has 3 heterocycles. The van der Waals surface area contributed by atoms with Gasteiger partial charge in [0, 0.05) is 17.3 Å². The maximum Gasteiger partial charge on any atom is 0.291 e. The van der Waals surface area contributed by atoms with E-state index in [1.807, 2.05) is 121 Å². The Balaban J connectivity index is 1.40. The van der Waals surface area contributed by atoms with Crippen LogP contribution in [0, 0.1) is 0 Å². The van der Waals surface area contributed by atoms with Crippen molar-refractivity contribution >= 4 is 34.5 Å². The number of benzene rings is 3. The summed E-state index contributed by atoms with van der Waals surface area (Å²) in [5.41, 5.74) is 4.28. The Labute approximate surface area is 222 Å². The number of rotatable bonds is 7. The lowest BCUT2D eigenvalue weighted by Crippen LogP contribution is -2.23. The molecule has 0 saturated carbocycles. The van der Waals surface area contributed by atoms with E-state index in [-0.39, 0.29) is 5.56 Å². The second-order valence-electron chi connectivity index (χ2n) is 8.49. The predicted molar refractivity (Wildman–Crippen MR) is 151 cm³/mol. The molecule has 0 aliphatic heterocycles. The van der Waals surface area contributed by atoms with E-state index >= 15 is 0 Å². The molecule has 0 amide bonds. The highest BCUT2D eigenvalue weighted by Gasteiger charge is 2.14. The van der Waals surface area contributed by atoms with Crippen molar-refractivity contribution in [1.29, 1.82) is 0 Å². The van der Waals surface area contributed by atoms with E-state index in [2.05, 4.69) is 10.1 Å². The van der Waals surface area contributed by atoms with Gasteiger partial charge in [-0.3, -0.25) is 4.79 Å². The molecule has 0 atom stereocenters. The Hall–Kier alpha value is -4.82. The lowest BCUT2D eigenvalue weighted by molar-refractivity contribution is 0.340. The molecule has 3 aromatic carbocycles. The fraction of sp³-hybridized carbons (Fsp3) is 0.0667. The lowest BCUT2D eigenvalue weighted by Gasteiger charge is -2.04. The third kappa shape index (κ3) is 4.77. The number of thiazole rings is 1. The standard InChI is InChI=1S/C30H23N5O2S/c1-2-37-25-16-14-22(15-17-25)28-23(20-34(33-28)24-11-7-4-8-12-24)19-26-29(36)35-30(38-26)31-27(32-35)18-13-21-9-5-3-6-10-21/h3-20H,2H2,1H3/b18-13+,26-19-. The van der Waals surface area contributed by atoms with Gasteiger partial charge in [0.1, 0.15) is 11.4 Å². The topological polar surface area (TPSA) is 74.3 Å². The van der Waals surface area contributed by atoms with Crippen LogP contribution in [-0.2, 0) is 0 Å². The van der Waals surface area contributed by atoms with Crippen LogP contribution in [-0.4, -0.2) is 31.0 Å². The SMILES string of the molecule is CCOc1ccc(-c2nn(-c3ccccc3)cc2/C=c2\sc3nc(/C=C/c4ccccc4)nn3c2=O)cc1. The van der Waals surface area contributed by atoms with E-state index in [0.29, 0.717) is 21.9 Å². The summed E-state index contributed by atoms with van der Waals surface area (Å²) in [6.45, 7) is 2.56. The van der Waals surface area contributed by atoms with Crippen LogP contribution in [0.15, 0.2) is 95.9 Å². The highest BCUT2D eigenvalue weighted by molar-refractivity contribution is 7.15. The minimum atomic E-state index is -0.207. The summed E-state index contributed by atoms with van der Waals surface area (Å²) >= 11 is 1.31. The zero-order chi connectivity index (χ0) is 25.9. The molecule has 0 bridgehead atoms. The number of hydrogen-bond acceptors (Lipinski definition) is 6. The summed E-state index contributed by atoms with van der Waals surface area (Å²) in [5, 5.41) is 9.27. The molecule has 7 nitrogen and oxygen atoms in total. The van der Waals surface area contributed by atoms with Crippen molar-refractivity contribution in [3.8, 4) is 22.7 Å². The van der Waals surface area contributed by atoms with E-state index < -0.39 is 0 Å². The van der Waals surface area contributed by atoms with Crippen LogP contribution >= 0.6 is 11.3 Å². The maximum absolute atomic E-state index is 13.2. The highest BCUT2D eigenvalue weighted by Crippen LogP contribution is 2.26. The molecule has 0 fully saturated rings. The second kappa shape index (κ2) is 10.3. The van der Waals surface area contributed by atoms with Gasteiger partial charge >= 0.3 is 0 Å². The Morgan fingerprint density at radius 3 is 2.34 bits per heavy atom. The zero-order valence-corrected chi connectivity index (χ0v) is 21.4.